The molecule has 0 aliphatic carbocycles. The largest absolute Gasteiger partial charge is 0.255 e. The molecule has 2 heteroatoms. The van der Waals surface area contributed by atoms with Crippen LogP contribution in [0, 0.1) is 0 Å². The molecule has 0 N–H and O–H groups in total. The molecule has 0 aliphatic rings. The predicted octanol–water partition coefficient (Wildman–Crippen LogP) is 6.05. The van der Waals surface area contributed by atoms with Crippen LogP contribution in [-0.4, -0.2) is 25.6 Å². The van der Waals surface area contributed by atoms with Crippen LogP contribution in [0.3, 0.4) is 0 Å². The Bertz CT molecular complexity index is 104. The van der Waals surface area contributed by atoms with Crippen molar-refractivity contribution >= 4 is 18.4 Å². The minimum absolute atomic E-state index is 0.500. The van der Waals surface area contributed by atoms with Gasteiger partial charge < -0.3 is 0 Å². The summed E-state index contributed by atoms with van der Waals surface area (Å²) in [5, 5.41) is 0. The molecule has 0 amide bonds. The van der Waals surface area contributed by atoms with Crippen LogP contribution < -0.4 is 0 Å². The van der Waals surface area contributed by atoms with Gasteiger partial charge in [0, 0.05) is 0 Å². The zero-order valence-corrected chi connectivity index (χ0v) is 15.1. The third-order valence-corrected chi connectivity index (χ3v) is 16.8. The fourth-order valence-corrected chi connectivity index (χ4v) is 14.7. The van der Waals surface area contributed by atoms with Crippen LogP contribution in [0.5, 0.6) is 0 Å². The molecule has 0 aromatic rings. The topological polar surface area (TPSA) is 0 Å². The molecule has 0 radical (unpaired) electrons. The Morgan fingerprint density at radius 2 is 0.938 bits per heavy atom. The van der Waals surface area contributed by atoms with Crippen LogP contribution in [0.2, 0.25) is 18.2 Å². The summed E-state index contributed by atoms with van der Waals surface area (Å²) in [6.45, 7) is 7.02. The standard InChI is InChI=1S/3C4H9.CH3F.CH3.Sn/c3*1-3-4-2;1-2;;/h3*1,3-4H2,2H3;1H3;1H3;. The first-order valence-corrected chi connectivity index (χ1v) is 16.0. The number of unbranched alkanes of at least 4 members (excludes halogenated alkanes) is 3. The Kier molecular flexibility index (Phi) is 16.4. The van der Waals surface area contributed by atoms with Gasteiger partial charge >= 0.3 is 95.9 Å². The molecule has 0 aliphatic heterocycles. The summed E-state index contributed by atoms with van der Waals surface area (Å²) < 4.78 is 14.5. The van der Waals surface area contributed by atoms with Gasteiger partial charge in [0.15, 0.2) is 0 Å². The van der Waals surface area contributed by atoms with Crippen molar-refractivity contribution in [2.75, 3.05) is 7.18 Å². The molecule has 16 heavy (non-hydrogen) atoms. The first-order chi connectivity index (χ1) is 7.68. The van der Waals surface area contributed by atoms with E-state index in [0.29, 0.717) is 7.18 Å². The second-order valence-electron chi connectivity index (χ2n) is 5.12. The van der Waals surface area contributed by atoms with E-state index in [1.54, 1.807) is 13.3 Å². The van der Waals surface area contributed by atoms with E-state index in [4.69, 9.17) is 0 Å². The van der Waals surface area contributed by atoms with Gasteiger partial charge in [-0.05, 0) is 0 Å². The van der Waals surface area contributed by atoms with E-state index in [2.05, 4.69) is 25.7 Å². The third kappa shape index (κ3) is 11.2. The summed E-state index contributed by atoms with van der Waals surface area (Å²) in [6, 6.07) is 0. The fourth-order valence-electron chi connectivity index (χ4n) is 2.19. The average Bonchev–Trinajstić information content (AvgIpc) is 2.34. The molecular weight excluding hydrogens is 306 g/mol. The van der Waals surface area contributed by atoms with E-state index in [1.807, 2.05) is 0 Å². The maximum Gasteiger partial charge on any atom is 0.0785 e. The molecule has 0 unspecified atom stereocenters. The Labute approximate surface area is 107 Å². The van der Waals surface area contributed by atoms with Crippen LogP contribution in [0.25, 0.3) is 0 Å². The van der Waals surface area contributed by atoms with Gasteiger partial charge in [-0.25, -0.2) is 0 Å². The maximum atomic E-state index is 9.50. The molecule has 0 bridgehead atoms. The molecule has 0 nitrogen and oxygen atoms in total. The van der Waals surface area contributed by atoms with E-state index in [0.717, 1.165) is 0 Å². The quantitative estimate of drug-likeness (QED) is 0.449. The molecule has 0 atom stereocenters. The zero-order chi connectivity index (χ0) is 12.9. The van der Waals surface area contributed by atoms with Crippen LogP contribution >= 0.6 is 0 Å². The Balaban J connectivity index is 0. The number of alkyl halides is 1. The monoisotopic (exact) mass is 340 g/mol. The third-order valence-electron chi connectivity index (χ3n) is 3.40. The summed E-state index contributed by atoms with van der Waals surface area (Å²) in [5.74, 6) is 0. The van der Waals surface area contributed by atoms with Crippen LogP contribution in [0.15, 0.2) is 0 Å². The molecule has 0 aromatic heterocycles. The molecule has 0 spiro atoms. The van der Waals surface area contributed by atoms with Crippen molar-refractivity contribution in [1.29, 1.82) is 0 Å². The van der Waals surface area contributed by atoms with Crippen molar-refractivity contribution in [3.8, 4) is 0 Å². The summed E-state index contributed by atoms with van der Waals surface area (Å²) in [6.07, 6.45) is 8.76. The normalized spacial score (nSPS) is 10.9. The minimum Gasteiger partial charge on any atom is -0.255 e. The molecule has 0 saturated carbocycles. The van der Waals surface area contributed by atoms with Crippen molar-refractivity contribution in [3.63, 3.8) is 0 Å². The van der Waals surface area contributed by atoms with Gasteiger partial charge in [-0.2, -0.15) is 0 Å². The van der Waals surface area contributed by atoms with Gasteiger partial charge in [0.25, 0.3) is 0 Å². The van der Waals surface area contributed by atoms with Crippen molar-refractivity contribution in [3.05, 3.63) is 0 Å². The maximum absolute atomic E-state index is 9.50. The van der Waals surface area contributed by atoms with E-state index in [9.17, 15) is 4.39 Å². The van der Waals surface area contributed by atoms with Crippen LogP contribution in [0.1, 0.15) is 59.3 Å². The Morgan fingerprint density at radius 1 is 0.688 bits per heavy atom. The molecule has 0 heterocycles. The number of hydrogen-bond acceptors (Lipinski definition) is 0. The molecule has 0 fully saturated rings. The first kappa shape index (κ1) is 19.1. The van der Waals surface area contributed by atoms with Crippen molar-refractivity contribution < 1.29 is 4.39 Å². The second kappa shape index (κ2) is 13.8. The van der Waals surface area contributed by atoms with Gasteiger partial charge in [0.2, 0.25) is 0 Å². The van der Waals surface area contributed by atoms with Gasteiger partial charge in [-0.1, -0.05) is 0 Å². The number of hydrogen-bond donors (Lipinski definition) is 0. The van der Waals surface area contributed by atoms with E-state index < -0.39 is 18.4 Å². The van der Waals surface area contributed by atoms with Gasteiger partial charge in [-0.3, -0.25) is 4.39 Å². The molecular formula is C14H33FSn. The SMILES string of the molecule is CCC[CH2][Sn]([CH3])([CH2]CCC)[CH2]CCC.CF. The van der Waals surface area contributed by atoms with Gasteiger partial charge in [0.05, 0.1) is 7.18 Å². The van der Waals surface area contributed by atoms with E-state index in [-0.39, 0.29) is 0 Å². The first-order valence-electron chi connectivity index (χ1n) is 7.06. The average molecular weight is 339 g/mol. The van der Waals surface area contributed by atoms with Crippen LogP contribution in [-0.2, 0) is 0 Å². The van der Waals surface area contributed by atoms with Crippen LogP contribution in [0.4, 0.5) is 4.39 Å². The summed E-state index contributed by atoms with van der Waals surface area (Å²) in [5.41, 5.74) is 0. The Hall–Kier alpha value is 0.729. The van der Waals surface area contributed by atoms with Crippen molar-refractivity contribution in [2.24, 2.45) is 0 Å². The zero-order valence-electron chi connectivity index (χ0n) is 12.2. The van der Waals surface area contributed by atoms with Crippen molar-refractivity contribution in [1.82, 2.24) is 0 Å². The van der Waals surface area contributed by atoms with Gasteiger partial charge in [0.1, 0.15) is 0 Å². The summed E-state index contributed by atoms with van der Waals surface area (Å²) in [7, 11) is 0.500. The molecule has 0 rings (SSSR count). The fraction of sp³-hybridized carbons (Fsp3) is 1.00. The summed E-state index contributed by atoms with van der Waals surface area (Å²) in [4.78, 5) is 2.72. The van der Waals surface area contributed by atoms with Gasteiger partial charge in [-0.15, -0.1) is 0 Å². The summed E-state index contributed by atoms with van der Waals surface area (Å²) >= 11 is -1.56. The molecule has 0 aromatic carbocycles. The van der Waals surface area contributed by atoms with Crippen molar-refractivity contribution in [2.45, 2.75) is 77.5 Å². The molecule has 100 valence electrons. The number of rotatable bonds is 9. The number of halogens is 1. The predicted molar refractivity (Wildman–Crippen MR) is 77.8 cm³/mol. The Morgan fingerprint density at radius 3 is 1.12 bits per heavy atom. The van der Waals surface area contributed by atoms with E-state index >= 15 is 0 Å². The van der Waals surface area contributed by atoms with E-state index in [1.165, 1.54) is 38.5 Å². The molecule has 0 saturated heterocycles. The second-order valence-corrected chi connectivity index (χ2v) is 19.7. The smallest absolute Gasteiger partial charge is 0.0785 e. The minimum atomic E-state index is -1.56.